The predicted molar refractivity (Wildman–Crippen MR) is 67.8 cm³/mol. The highest BCUT2D eigenvalue weighted by Crippen LogP contribution is 2.21. The summed E-state index contributed by atoms with van der Waals surface area (Å²) < 4.78 is 0. The van der Waals surface area contributed by atoms with E-state index in [-0.39, 0.29) is 0 Å². The van der Waals surface area contributed by atoms with E-state index >= 15 is 0 Å². The van der Waals surface area contributed by atoms with Crippen LogP contribution < -0.4 is 10.2 Å². The molecule has 0 saturated carbocycles. The maximum absolute atomic E-state index is 4.60. The Balaban J connectivity index is 2.03. The Bertz CT molecular complexity index is 336. The van der Waals surface area contributed by atoms with E-state index in [1.807, 2.05) is 7.05 Å². The van der Waals surface area contributed by atoms with Gasteiger partial charge in [-0.3, -0.25) is 0 Å². The smallest absolute Gasteiger partial charge is 0.128 e. The van der Waals surface area contributed by atoms with E-state index in [1.54, 1.807) is 0 Å². The molecule has 1 unspecified atom stereocenters. The van der Waals surface area contributed by atoms with Gasteiger partial charge < -0.3 is 10.2 Å². The van der Waals surface area contributed by atoms with Crippen LogP contribution >= 0.6 is 0 Å². The topological polar surface area (TPSA) is 28.2 Å². The molecule has 1 aliphatic heterocycles. The van der Waals surface area contributed by atoms with Gasteiger partial charge in [-0.1, -0.05) is 6.07 Å². The SMILES string of the molecule is CNCC1CCCN(c2cccc(C)n2)C1. The zero-order valence-corrected chi connectivity index (χ0v) is 10.2. The standard InChI is InChI=1S/C13H21N3/c1-11-5-3-7-13(15-11)16-8-4-6-12(10-16)9-14-2/h3,5,7,12,14H,4,6,8-10H2,1-2H3. The molecule has 0 spiro atoms. The van der Waals surface area contributed by atoms with Crippen LogP contribution in [0.15, 0.2) is 18.2 Å². The minimum Gasteiger partial charge on any atom is -0.356 e. The molecule has 88 valence electrons. The summed E-state index contributed by atoms with van der Waals surface area (Å²) in [6, 6.07) is 6.27. The number of pyridine rings is 1. The summed E-state index contributed by atoms with van der Waals surface area (Å²) in [5, 5.41) is 3.27. The fourth-order valence-corrected chi connectivity index (χ4v) is 2.43. The highest BCUT2D eigenvalue weighted by molar-refractivity contribution is 5.39. The van der Waals surface area contributed by atoms with E-state index in [1.165, 1.54) is 12.8 Å². The van der Waals surface area contributed by atoms with Crippen molar-refractivity contribution >= 4 is 5.82 Å². The molecule has 2 heterocycles. The molecule has 1 aromatic heterocycles. The Hall–Kier alpha value is -1.09. The number of hydrogen-bond acceptors (Lipinski definition) is 3. The summed E-state index contributed by atoms with van der Waals surface area (Å²) in [4.78, 5) is 7.01. The lowest BCUT2D eigenvalue weighted by Gasteiger charge is -2.33. The molecule has 0 aliphatic carbocycles. The number of nitrogens with zero attached hydrogens (tertiary/aromatic N) is 2. The number of aromatic nitrogens is 1. The molecule has 0 radical (unpaired) electrons. The molecule has 16 heavy (non-hydrogen) atoms. The van der Waals surface area contributed by atoms with Crippen molar-refractivity contribution in [3.8, 4) is 0 Å². The molecule has 1 N–H and O–H groups in total. The molecule has 0 aromatic carbocycles. The first-order chi connectivity index (χ1) is 7.79. The summed E-state index contributed by atoms with van der Waals surface area (Å²) in [6.45, 7) is 5.45. The van der Waals surface area contributed by atoms with Gasteiger partial charge in [0.25, 0.3) is 0 Å². The molecule has 3 nitrogen and oxygen atoms in total. The van der Waals surface area contributed by atoms with E-state index in [0.29, 0.717) is 0 Å². The van der Waals surface area contributed by atoms with Gasteiger partial charge in [0.2, 0.25) is 0 Å². The van der Waals surface area contributed by atoms with Crippen molar-refractivity contribution in [2.75, 3.05) is 31.6 Å². The minimum atomic E-state index is 0.765. The average molecular weight is 219 g/mol. The lowest BCUT2D eigenvalue weighted by atomic mass is 9.98. The second-order valence-corrected chi connectivity index (χ2v) is 4.65. The van der Waals surface area contributed by atoms with Crippen LogP contribution in [0.4, 0.5) is 5.82 Å². The van der Waals surface area contributed by atoms with Crippen LogP contribution in [0.3, 0.4) is 0 Å². The first kappa shape index (κ1) is 11.4. The van der Waals surface area contributed by atoms with Gasteiger partial charge in [-0.05, 0) is 51.4 Å². The normalized spacial score (nSPS) is 21.1. The van der Waals surface area contributed by atoms with Crippen LogP contribution in [-0.2, 0) is 0 Å². The minimum absolute atomic E-state index is 0.765. The quantitative estimate of drug-likeness (QED) is 0.840. The van der Waals surface area contributed by atoms with E-state index in [0.717, 1.165) is 37.1 Å². The molecule has 2 rings (SSSR count). The number of anilines is 1. The summed E-state index contributed by atoms with van der Waals surface area (Å²) >= 11 is 0. The third kappa shape index (κ3) is 2.73. The molecular weight excluding hydrogens is 198 g/mol. The Morgan fingerprint density at radius 2 is 2.38 bits per heavy atom. The summed E-state index contributed by atoms with van der Waals surface area (Å²) in [5.41, 5.74) is 1.10. The van der Waals surface area contributed by atoms with Crippen LogP contribution in [-0.4, -0.2) is 31.7 Å². The van der Waals surface area contributed by atoms with E-state index in [2.05, 4.69) is 40.3 Å². The Morgan fingerprint density at radius 3 is 3.12 bits per heavy atom. The van der Waals surface area contributed by atoms with Gasteiger partial charge in [-0.2, -0.15) is 0 Å². The molecule has 0 bridgehead atoms. The van der Waals surface area contributed by atoms with Crippen molar-refractivity contribution in [1.82, 2.24) is 10.3 Å². The largest absolute Gasteiger partial charge is 0.356 e. The number of aryl methyl sites for hydroxylation is 1. The van der Waals surface area contributed by atoms with Crippen LogP contribution in [0.5, 0.6) is 0 Å². The molecule has 0 amide bonds. The second kappa shape index (κ2) is 5.30. The Labute approximate surface area is 97.9 Å². The van der Waals surface area contributed by atoms with Crippen molar-refractivity contribution in [3.63, 3.8) is 0 Å². The summed E-state index contributed by atoms with van der Waals surface area (Å²) in [6.07, 6.45) is 2.62. The molecule has 1 aliphatic rings. The Kier molecular flexibility index (Phi) is 3.78. The fraction of sp³-hybridized carbons (Fsp3) is 0.615. The van der Waals surface area contributed by atoms with Crippen LogP contribution in [0.2, 0.25) is 0 Å². The maximum atomic E-state index is 4.60. The van der Waals surface area contributed by atoms with Crippen molar-refractivity contribution < 1.29 is 0 Å². The highest BCUT2D eigenvalue weighted by atomic mass is 15.2. The lowest BCUT2D eigenvalue weighted by Crippen LogP contribution is -2.39. The zero-order valence-electron chi connectivity index (χ0n) is 10.2. The summed E-state index contributed by atoms with van der Waals surface area (Å²) in [5.74, 6) is 1.90. The fourth-order valence-electron chi connectivity index (χ4n) is 2.43. The van der Waals surface area contributed by atoms with Gasteiger partial charge in [0.1, 0.15) is 5.82 Å². The highest BCUT2D eigenvalue weighted by Gasteiger charge is 2.20. The van der Waals surface area contributed by atoms with Gasteiger partial charge in [0.15, 0.2) is 0 Å². The predicted octanol–water partition coefficient (Wildman–Crippen LogP) is 1.83. The third-order valence-corrected chi connectivity index (χ3v) is 3.21. The molecule has 3 heteroatoms. The second-order valence-electron chi connectivity index (χ2n) is 4.65. The molecular formula is C13H21N3. The number of nitrogens with one attached hydrogen (secondary N) is 1. The molecule has 1 aromatic rings. The van der Waals surface area contributed by atoms with E-state index in [9.17, 15) is 0 Å². The Morgan fingerprint density at radius 1 is 1.50 bits per heavy atom. The van der Waals surface area contributed by atoms with Crippen LogP contribution in [0.25, 0.3) is 0 Å². The lowest BCUT2D eigenvalue weighted by molar-refractivity contribution is 0.401. The van der Waals surface area contributed by atoms with Crippen molar-refractivity contribution in [2.24, 2.45) is 5.92 Å². The van der Waals surface area contributed by atoms with Crippen LogP contribution in [0, 0.1) is 12.8 Å². The first-order valence-electron chi connectivity index (χ1n) is 6.13. The monoisotopic (exact) mass is 219 g/mol. The number of rotatable bonds is 3. The van der Waals surface area contributed by atoms with Gasteiger partial charge in [0, 0.05) is 18.8 Å². The third-order valence-electron chi connectivity index (χ3n) is 3.21. The van der Waals surface area contributed by atoms with Gasteiger partial charge in [-0.15, -0.1) is 0 Å². The number of hydrogen-bond donors (Lipinski definition) is 1. The van der Waals surface area contributed by atoms with Crippen molar-refractivity contribution in [2.45, 2.75) is 19.8 Å². The van der Waals surface area contributed by atoms with Crippen molar-refractivity contribution in [1.29, 1.82) is 0 Å². The maximum Gasteiger partial charge on any atom is 0.128 e. The van der Waals surface area contributed by atoms with E-state index in [4.69, 9.17) is 0 Å². The van der Waals surface area contributed by atoms with E-state index < -0.39 is 0 Å². The first-order valence-corrected chi connectivity index (χ1v) is 6.13. The molecule has 1 fully saturated rings. The van der Waals surface area contributed by atoms with Crippen LogP contribution in [0.1, 0.15) is 18.5 Å². The average Bonchev–Trinajstić information content (AvgIpc) is 2.30. The van der Waals surface area contributed by atoms with Crippen molar-refractivity contribution in [3.05, 3.63) is 23.9 Å². The van der Waals surface area contributed by atoms with Gasteiger partial charge in [0.05, 0.1) is 0 Å². The van der Waals surface area contributed by atoms with Gasteiger partial charge in [-0.25, -0.2) is 4.98 Å². The zero-order chi connectivity index (χ0) is 11.4. The molecule has 1 saturated heterocycles. The number of piperidine rings is 1. The molecule has 1 atom stereocenters. The van der Waals surface area contributed by atoms with Gasteiger partial charge >= 0.3 is 0 Å². The summed E-state index contributed by atoms with van der Waals surface area (Å²) in [7, 11) is 2.03.